The highest BCUT2D eigenvalue weighted by molar-refractivity contribution is 9.10. The van der Waals surface area contributed by atoms with E-state index in [9.17, 15) is 0 Å². The highest BCUT2D eigenvalue weighted by Gasteiger charge is 2.07. The smallest absolute Gasteiger partial charge is 0.243 e. The standard InChI is InChI=1S/C12H11BrClN3O/c1-2-15-12-16-7-10(14)11(17-12)18-9-5-3-8(13)4-6-9/h3-7H,2H2,1H3,(H,15,16,17). The zero-order valence-electron chi connectivity index (χ0n) is 9.65. The van der Waals surface area contributed by atoms with E-state index in [-0.39, 0.29) is 0 Å². The van der Waals surface area contributed by atoms with Crippen molar-refractivity contribution < 1.29 is 4.74 Å². The van der Waals surface area contributed by atoms with Crippen LogP contribution in [0.3, 0.4) is 0 Å². The van der Waals surface area contributed by atoms with Gasteiger partial charge in [-0.2, -0.15) is 4.98 Å². The van der Waals surface area contributed by atoms with Crippen LogP contribution in [0.2, 0.25) is 5.02 Å². The van der Waals surface area contributed by atoms with Crippen molar-refractivity contribution in [2.75, 3.05) is 11.9 Å². The third-order valence-corrected chi connectivity index (χ3v) is 2.86. The molecule has 2 aromatic rings. The minimum Gasteiger partial charge on any atom is -0.437 e. The molecule has 1 aromatic carbocycles. The molecule has 1 aromatic heterocycles. The van der Waals surface area contributed by atoms with Crippen LogP contribution in [0.15, 0.2) is 34.9 Å². The van der Waals surface area contributed by atoms with Crippen LogP contribution in [0.4, 0.5) is 5.95 Å². The van der Waals surface area contributed by atoms with Gasteiger partial charge in [-0.1, -0.05) is 27.5 Å². The lowest BCUT2D eigenvalue weighted by atomic mass is 10.3. The van der Waals surface area contributed by atoms with Crippen LogP contribution in [0.1, 0.15) is 6.92 Å². The summed E-state index contributed by atoms with van der Waals surface area (Å²) in [6.07, 6.45) is 1.51. The van der Waals surface area contributed by atoms with Gasteiger partial charge in [0.1, 0.15) is 10.8 Å². The first-order valence-electron chi connectivity index (χ1n) is 5.39. The van der Waals surface area contributed by atoms with E-state index in [1.165, 1.54) is 6.20 Å². The third kappa shape index (κ3) is 3.34. The molecule has 0 aliphatic rings. The molecular weight excluding hydrogens is 318 g/mol. The SMILES string of the molecule is CCNc1ncc(Cl)c(Oc2ccc(Br)cc2)n1. The van der Waals surface area contributed by atoms with E-state index < -0.39 is 0 Å². The Bertz CT molecular complexity index is 533. The summed E-state index contributed by atoms with van der Waals surface area (Å²) >= 11 is 9.35. The predicted molar refractivity (Wildman–Crippen MR) is 75.4 cm³/mol. The summed E-state index contributed by atoms with van der Waals surface area (Å²) < 4.78 is 6.59. The van der Waals surface area contributed by atoms with Gasteiger partial charge in [-0.15, -0.1) is 0 Å². The van der Waals surface area contributed by atoms with E-state index in [2.05, 4.69) is 31.2 Å². The lowest BCUT2D eigenvalue weighted by Gasteiger charge is -2.08. The number of halogens is 2. The number of benzene rings is 1. The number of aromatic nitrogens is 2. The van der Waals surface area contributed by atoms with Crippen molar-refractivity contribution >= 4 is 33.5 Å². The van der Waals surface area contributed by atoms with E-state index in [0.717, 1.165) is 11.0 Å². The second-order valence-corrected chi connectivity index (χ2v) is 4.76. The van der Waals surface area contributed by atoms with Crippen LogP contribution in [0.25, 0.3) is 0 Å². The van der Waals surface area contributed by atoms with Gasteiger partial charge in [-0.3, -0.25) is 0 Å². The molecule has 94 valence electrons. The Morgan fingerprint density at radius 2 is 2.06 bits per heavy atom. The summed E-state index contributed by atoms with van der Waals surface area (Å²) in [6.45, 7) is 2.70. The molecule has 0 aliphatic carbocycles. The Morgan fingerprint density at radius 1 is 1.33 bits per heavy atom. The van der Waals surface area contributed by atoms with Crippen molar-refractivity contribution in [1.82, 2.24) is 9.97 Å². The van der Waals surface area contributed by atoms with Crippen LogP contribution < -0.4 is 10.1 Å². The van der Waals surface area contributed by atoms with Gasteiger partial charge in [0, 0.05) is 11.0 Å². The van der Waals surface area contributed by atoms with Crippen molar-refractivity contribution in [2.45, 2.75) is 6.92 Å². The number of hydrogen-bond acceptors (Lipinski definition) is 4. The van der Waals surface area contributed by atoms with Crippen molar-refractivity contribution in [3.8, 4) is 11.6 Å². The molecule has 0 saturated heterocycles. The number of hydrogen-bond donors (Lipinski definition) is 1. The lowest BCUT2D eigenvalue weighted by Crippen LogP contribution is -2.02. The van der Waals surface area contributed by atoms with Crippen LogP contribution >= 0.6 is 27.5 Å². The average Bonchev–Trinajstić information content (AvgIpc) is 2.36. The number of ether oxygens (including phenoxy) is 1. The van der Waals surface area contributed by atoms with E-state index in [0.29, 0.717) is 22.6 Å². The molecular formula is C12H11BrClN3O. The molecule has 2 rings (SSSR count). The van der Waals surface area contributed by atoms with Gasteiger partial charge in [-0.25, -0.2) is 4.98 Å². The van der Waals surface area contributed by atoms with Crippen LogP contribution in [0, 0.1) is 0 Å². The molecule has 0 spiro atoms. The molecule has 0 amide bonds. The summed E-state index contributed by atoms with van der Waals surface area (Å²) in [5.41, 5.74) is 0. The zero-order chi connectivity index (χ0) is 13.0. The average molecular weight is 329 g/mol. The quantitative estimate of drug-likeness (QED) is 0.917. The van der Waals surface area contributed by atoms with Gasteiger partial charge < -0.3 is 10.1 Å². The van der Waals surface area contributed by atoms with Crippen LogP contribution in [-0.2, 0) is 0 Å². The molecule has 1 heterocycles. The van der Waals surface area contributed by atoms with Gasteiger partial charge in [0.15, 0.2) is 0 Å². The fraction of sp³-hybridized carbons (Fsp3) is 0.167. The maximum absolute atomic E-state index is 5.99. The Labute approximate surface area is 118 Å². The Balaban J connectivity index is 2.22. The minimum absolute atomic E-state index is 0.338. The summed E-state index contributed by atoms with van der Waals surface area (Å²) in [6, 6.07) is 7.43. The molecule has 0 fully saturated rings. The monoisotopic (exact) mass is 327 g/mol. The summed E-state index contributed by atoms with van der Waals surface area (Å²) in [4.78, 5) is 8.23. The normalized spacial score (nSPS) is 10.2. The van der Waals surface area contributed by atoms with E-state index in [1.54, 1.807) is 0 Å². The van der Waals surface area contributed by atoms with Gasteiger partial charge in [0.25, 0.3) is 0 Å². The predicted octanol–water partition coefficient (Wildman–Crippen LogP) is 4.12. The second kappa shape index (κ2) is 6.02. The summed E-state index contributed by atoms with van der Waals surface area (Å²) in [5, 5.41) is 3.38. The molecule has 0 unspecified atom stereocenters. The highest BCUT2D eigenvalue weighted by atomic mass is 79.9. The topological polar surface area (TPSA) is 47.0 Å². The van der Waals surface area contributed by atoms with Gasteiger partial charge in [0.05, 0.1) is 6.20 Å². The molecule has 0 aliphatic heterocycles. The third-order valence-electron chi connectivity index (χ3n) is 2.07. The molecule has 1 N–H and O–H groups in total. The first-order chi connectivity index (χ1) is 8.69. The largest absolute Gasteiger partial charge is 0.437 e. The van der Waals surface area contributed by atoms with Gasteiger partial charge >= 0.3 is 0 Å². The van der Waals surface area contributed by atoms with Gasteiger partial charge in [0.2, 0.25) is 11.8 Å². The van der Waals surface area contributed by atoms with Gasteiger partial charge in [-0.05, 0) is 31.2 Å². The first-order valence-corrected chi connectivity index (χ1v) is 6.56. The number of nitrogens with one attached hydrogen (secondary N) is 1. The number of rotatable bonds is 4. The Kier molecular flexibility index (Phi) is 4.38. The van der Waals surface area contributed by atoms with E-state index >= 15 is 0 Å². The second-order valence-electron chi connectivity index (χ2n) is 3.43. The first kappa shape index (κ1) is 13.1. The van der Waals surface area contributed by atoms with Crippen molar-refractivity contribution in [3.05, 3.63) is 40.0 Å². The Morgan fingerprint density at radius 3 is 2.72 bits per heavy atom. The summed E-state index contributed by atoms with van der Waals surface area (Å²) in [7, 11) is 0. The minimum atomic E-state index is 0.338. The molecule has 0 radical (unpaired) electrons. The fourth-order valence-corrected chi connectivity index (χ4v) is 1.67. The van der Waals surface area contributed by atoms with Crippen LogP contribution in [0.5, 0.6) is 11.6 Å². The van der Waals surface area contributed by atoms with Crippen molar-refractivity contribution in [3.63, 3.8) is 0 Å². The van der Waals surface area contributed by atoms with E-state index in [1.807, 2.05) is 31.2 Å². The molecule has 18 heavy (non-hydrogen) atoms. The molecule has 0 saturated carbocycles. The van der Waals surface area contributed by atoms with Crippen molar-refractivity contribution in [2.24, 2.45) is 0 Å². The maximum atomic E-state index is 5.99. The maximum Gasteiger partial charge on any atom is 0.243 e. The van der Waals surface area contributed by atoms with Crippen molar-refractivity contribution in [1.29, 1.82) is 0 Å². The number of nitrogens with zero attached hydrogens (tertiary/aromatic N) is 2. The lowest BCUT2D eigenvalue weighted by molar-refractivity contribution is 0.462. The summed E-state index contributed by atoms with van der Waals surface area (Å²) in [5.74, 6) is 1.50. The zero-order valence-corrected chi connectivity index (χ0v) is 12.0. The fourth-order valence-electron chi connectivity index (χ4n) is 1.28. The van der Waals surface area contributed by atoms with Crippen LogP contribution in [-0.4, -0.2) is 16.5 Å². The molecule has 6 heteroatoms. The Hall–Kier alpha value is -1.33. The van der Waals surface area contributed by atoms with E-state index in [4.69, 9.17) is 16.3 Å². The molecule has 0 atom stereocenters. The number of anilines is 1. The molecule has 4 nitrogen and oxygen atoms in total. The highest BCUT2D eigenvalue weighted by Crippen LogP contribution is 2.28. The molecule has 0 bridgehead atoms.